The van der Waals surface area contributed by atoms with Crippen molar-refractivity contribution in [2.75, 3.05) is 12.4 Å². The van der Waals surface area contributed by atoms with Crippen LogP contribution in [-0.4, -0.2) is 19.0 Å². The molecule has 0 bridgehead atoms. The number of anilines is 1. The summed E-state index contributed by atoms with van der Waals surface area (Å²) in [6.45, 7) is 0. The number of nitrogens with one attached hydrogen (secondary N) is 1. The molecule has 0 atom stereocenters. The first-order chi connectivity index (χ1) is 9.54. The highest BCUT2D eigenvalue weighted by molar-refractivity contribution is 7.12. The minimum Gasteiger partial charge on any atom is -0.465 e. The van der Waals surface area contributed by atoms with Crippen molar-refractivity contribution in [1.82, 2.24) is 0 Å². The zero-order chi connectivity index (χ0) is 14.7. The summed E-state index contributed by atoms with van der Waals surface area (Å²) in [7, 11) is 1.21. The number of thiophene rings is 1. The van der Waals surface area contributed by atoms with Crippen molar-refractivity contribution in [3.63, 3.8) is 0 Å². The third-order valence-electron chi connectivity index (χ3n) is 2.48. The average Bonchev–Trinajstić information content (AvgIpc) is 2.89. The average molecular weight is 297 g/mol. The Morgan fingerprint density at radius 2 is 2.00 bits per heavy atom. The molecule has 0 spiro atoms. The monoisotopic (exact) mass is 297 g/mol. The second-order valence-electron chi connectivity index (χ2n) is 3.71. The molecule has 104 valence electrons. The fourth-order valence-corrected chi connectivity index (χ4v) is 2.29. The summed E-state index contributed by atoms with van der Waals surface area (Å²) in [6, 6.07) is 4.77. The van der Waals surface area contributed by atoms with Crippen molar-refractivity contribution in [2.24, 2.45) is 0 Å². The molecule has 2 rings (SSSR count). The lowest BCUT2D eigenvalue weighted by Gasteiger charge is -2.06. The third-order valence-corrected chi connectivity index (χ3v) is 3.37. The smallest absolute Gasteiger partial charge is 0.350 e. The van der Waals surface area contributed by atoms with Crippen LogP contribution in [0.25, 0.3) is 0 Å². The number of amides is 1. The van der Waals surface area contributed by atoms with Crippen molar-refractivity contribution in [3.8, 4) is 0 Å². The summed E-state index contributed by atoms with van der Waals surface area (Å²) < 4.78 is 31.1. The van der Waals surface area contributed by atoms with E-state index in [-0.39, 0.29) is 10.6 Å². The molecular formula is C13H9F2NO3S. The van der Waals surface area contributed by atoms with Crippen molar-refractivity contribution in [3.05, 3.63) is 51.7 Å². The van der Waals surface area contributed by atoms with Gasteiger partial charge in [0, 0.05) is 0 Å². The second-order valence-corrected chi connectivity index (χ2v) is 4.63. The lowest BCUT2D eigenvalue weighted by molar-refractivity contribution is 0.0607. The highest BCUT2D eigenvalue weighted by Crippen LogP contribution is 2.24. The third kappa shape index (κ3) is 2.67. The molecule has 0 saturated carbocycles. The van der Waals surface area contributed by atoms with E-state index in [0.29, 0.717) is 0 Å². The number of ether oxygens (including phenoxy) is 1. The number of esters is 1. The zero-order valence-electron chi connectivity index (χ0n) is 10.3. The van der Waals surface area contributed by atoms with Gasteiger partial charge in [-0.2, -0.15) is 0 Å². The van der Waals surface area contributed by atoms with Crippen LogP contribution in [0.3, 0.4) is 0 Å². The van der Waals surface area contributed by atoms with Crippen molar-refractivity contribution >= 4 is 28.9 Å². The number of carbonyl (C=O) groups is 2. The molecule has 1 aromatic carbocycles. The quantitative estimate of drug-likeness (QED) is 0.886. The molecule has 1 heterocycles. The fraction of sp³-hybridized carbons (Fsp3) is 0.0769. The van der Waals surface area contributed by atoms with Gasteiger partial charge in [0.15, 0.2) is 11.6 Å². The van der Waals surface area contributed by atoms with Crippen LogP contribution < -0.4 is 5.32 Å². The summed E-state index contributed by atoms with van der Waals surface area (Å²) in [5, 5.41) is 3.93. The van der Waals surface area contributed by atoms with Gasteiger partial charge < -0.3 is 10.1 Å². The van der Waals surface area contributed by atoms with Crippen LogP contribution in [0.2, 0.25) is 0 Å². The van der Waals surface area contributed by atoms with E-state index < -0.39 is 29.1 Å². The Labute approximate surface area is 117 Å². The Hall–Kier alpha value is -2.28. The number of halogens is 2. The molecule has 0 aliphatic heterocycles. The molecule has 4 nitrogen and oxygen atoms in total. The SMILES string of the molecule is COC(=O)c1sccc1NC(=O)c1cccc(F)c1F. The summed E-state index contributed by atoms with van der Waals surface area (Å²) in [6.07, 6.45) is 0. The van der Waals surface area contributed by atoms with Gasteiger partial charge in [-0.25, -0.2) is 13.6 Å². The van der Waals surface area contributed by atoms with E-state index in [1.165, 1.54) is 19.2 Å². The highest BCUT2D eigenvalue weighted by Gasteiger charge is 2.19. The van der Waals surface area contributed by atoms with Crippen molar-refractivity contribution in [1.29, 1.82) is 0 Å². The van der Waals surface area contributed by atoms with Crippen LogP contribution in [-0.2, 0) is 4.74 Å². The van der Waals surface area contributed by atoms with Crippen LogP contribution in [0.5, 0.6) is 0 Å². The van der Waals surface area contributed by atoms with E-state index >= 15 is 0 Å². The number of carbonyl (C=O) groups excluding carboxylic acids is 2. The maximum atomic E-state index is 13.5. The maximum absolute atomic E-state index is 13.5. The number of benzene rings is 1. The minimum absolute atomic E-state index is 0.178. The predicted octanol–water partition coefficient (Wildman–Crippen LogP) is 3.07. The summed E-state index contributed by atoms with van der Waals surface area (Å²) >= 11 is 1.07. The first-order valence-electron chi connectivity index (χ1n) is 5.45. The van der Waals surface area contributed by atoms with Gasteiger partial charge in [0.2, 0.25) is 0 Å². The first kappa shape index (κ1) is 14.1. The molecule has 1 aromatic heterocycles. The van der Waals surface area contributed by atoms with E-state index in [9.17, 15) is 18.4 Å². The lowest BCUT2D eigenvalue weighted by atomic mass is 10.2. The van der Waals surface area contributed by atoms with E-state index in [4.69, 9.17) is 0 Å². The van der Waals surface area contributed by atoms with Gasteiger partial charge in [-0.3, -0.25) is 4.79 Å². The topological polar surface area (TPSA) is 55.4 Å². The number of methoxy groups -OCH3 is 1. The van der Waals surface area contributed by atoms with Crippen LogP contribution in [0.4, 0.5) is 14.5 Å². The Bertz CT molecular complexity index is 669. The van der Waals surface area contributed by atoms with Crippen LogP contribution in [0.1, 0.15) is 20.0 Å². The normalized spacial score (nSPS) is 10.2. The molecule has 2 aromatic rings. The van der Waals surface area contributed by atoms with Gasteiger partial charge >= 0.3 is 5.97 Å². The predicted molar refractivity (Wildman–Crippen MR) is 70.0 cm³/mol. The molecule has 0 unspecified atom stereocenters. The van der Waals surface area contributed by atoms with Crippen LogP contribution >= 0.6 is 11.3 Å². The van der Waals surface area contributed by atoms with E-state index in [0.717, 1.165) is 23.5 Å². The largest absolute Gasteiger partial charge is 0.465 e. The minimum atomic E-state index is -1.24. The molecule has 0 aliphatic rings. The molecule has 20 heavy (non-hydrogen) atoms. The molecule has 7 heteroatoms. The number of hydrogen-bond donors (Lipinski definition) is 1. The first-order valence-corrected chi connectivity index (χ1v) is 6.33. The van der Waals surface area contributed by atoms with E-state index in [1.54, 1.807) is 5.38 Å². The molecule has 0 fully saturated rings. The standard InChI is InChI=1S/C13H9F2NO3S/c1-19-13(18)11-9(5-6-20-11)16-12(17)7-3-2-4-8(14)10(7)15/h2-6H,1H3,(H,16,17). The Kier molecular flexibility index (Phi) is 4.09. The van der Waals surface area contributed by atoms with Crippen LogP contribution in [0, 0.1) is 11.6 Å². The molecule has 1 N–H and O–H groups in total. The van der Waals surface area contributed by atoms with Gasteiger partial charge in [-0.15, -0.1) is 11.3 Å². The molecule has 0 aliphatic carbocycles. The molecule has 0 saturated heterocycles. The second kappa shape index (κ2) is 5.79. The fourth-order valence-electron chi connectivity index (χ4n) is 1.53. The number of hydrogen-bond acceptors (Lipinski definition) is 4. The van der Waals surface area contributed by atoms with Crippen LogP contribution in [0.15, 0.2) is 29.6 Å². The summed E-state index contributed by atoms with van der Waals surface area (Å²) in [4.78, 5) is 23.5. The van der Waals surface area contributed by atoms with Gasteiger partial charge in [0.05, 0.1) is 18.4 Å². The van der Waals surface area contributed by atoms with Gasteiger partial charge in [-0.05, 0) is 23.6 Å². The van der Waals surface area contributed by atoms with Gasteiger partial charge in [-0.1, -0.05) is 6.07 Å². The lowest BCUT2D eigenvalue weighted by Crippen LogP contribution is -2.16. The van der Waals surface area contributed by atoms with E-state index in [2.05, 4.69) is 10.1 Å². The Morgan fingerprint density at radius 1 is 1.25 bits per heavy atom. The molecule has 0 radical (unpaired) electrons. The van der Waals surface area contributed by atoms with Gasteiger partial charge in [0.25, 0.3) is 5.91 Å². The summed E-state index contributed by atoms with van der Waals surface area (Å²) in [5.74, 6) is -3.81. The highest BCUT2D eigenvalue weighted by atomic mass is 32.1. The van der Waals surface area contributed by atoms with E-state index in [1.807, 2.05) is 0 Å². The zero-order valence-corrected chi connectivity index (χ0v) is 11.1. The molecule has 1 amide bonds. The Morgan fingerprint density at radius 3 is 2.70 bits per heavy atom. The van der Waals surface area contributed by atoms with Crippen molar-refractivity contribution < 1.29 is 23.1 Å². The maximum Gasteiger partial charge on any atom is 0.350 e. The Balaban J connectivity index is 2.27. The van der Waals surface area contributed by atoms with Crippen molar-refractivity contribution in [2.45, 2.75) is 0 Å². The number of rotatable bonds is 3. The summed E-state index contributed by atoms with van der Waals surface area (Å²) in [5.41, 5.74) is -0.248. The van der Waals surface area contributed by atoms with Gasteiger partial charge in [0.1, 0.15) is 4.88 Å². The molecular weight excluding hydrogens is 288 g/mol.